The number of methoxy groups -OCH3 is 1. The first-order chi connectivity index (χ1) is 17.5. The molecule has 10 heteroatoms. The SMILES string of the molecule is COc1cccc(-c2nnc(NC(=O)[C@H](Cc3ccccc3)NC(=O)COc3ccc(Cl)cc3)s2)c1. The number of hydrogen-bond donors (Lipinski definition) is 2. The number of nitrogens with zero attached hydrogens (tertiary/aromatic N) is 2. The molecule has 4 rings (SSSR count). The lowest BCUT2D eigenvalue weighted by Gasteiger charge is -2.18. The highest BCUT2D eigenvalue weighted by molar-refractivity contribution is 7.18. The van der Waals surface area contributed by atoms with Gasteiger partial charge in [0.05, 0.1) is 7.11 Å². The third-order valence-corrected chi connectivity index (χ3v) is 6.23. The zero-order valence-electron chi connectivity index (χ0n) is 19.3. The number of carbonyl (C=O) groups excluding carboxylic acids is 2. The number of nitrogens with one attached hydrogen (secondary N) is 2. The molecule has 4 aromatic rings. The molecular weight excluding hydrogens is 500 g/mol. The number of amides is 2. The van der Waals surface area contributed by atoms with E-state index in [2.05, 4.69) is 20.8 Å². The van der Waals surface area contributed by atoms with Crippen molar-refractivity contribution in [2.24, 2.45) is 0 Å². The standard InChI is InChI=1S/C26H23ClN4O4S/c1-34-21-9-5-8-18(15-21)25-30-31-26(36-25)29-24(33)22(14-17-6-3-2-4-7-17)28-23(32)16-35-20-12-10-19(27)11-13-20/h2-13,15,22H,14,16H2,1H3,(H,28,32)(H,29,31,33)/t22-/m0/s1. The van der Waals surface area contributed by atoms with Gasteiger partial charge in [0.1, 0.15) is 22.5 Å². The Balaban J connectivity index is 1.43. The van der Waals surface area contributed by atoms with Crippen molar-refractivity contribution < 1.29 is 19.1 Å². The molecule has 2 amide bonds. The van der Waals surface area contributed by atoms with Crippen LogP contribution in [0, 0.1) is 0 Å². The molecule has 1 atom stereocenters. The molecule has 0 saturated carbocycles. The van der Waals surface area contributed by atoms with E-state index in [1.165, 1.54) is 11.3 Å². The van der Waals surface area contributed by atoms with Crippen LogP contribution in [-0.2, 0) is 16.0 Å². The molecule has 0 spiro atoms. The summed E-state index contributed by atoms with van der Waals surface area (Å²) < 4.78 is 10.8. The zero-order chi connectivity index (χ0) is 25.3. The van der Waals surface area contributed by atoms with Gasteiger partial charge >= 0.3 is 0 Å². The molecule has 3 aromatic carbocycles. The first-order valence-electron chi connectivity index (χ1n) is 11.0. The quantitative estimate of drug-likeness (QED) is 0.315. The molecule has 0 unspecified atom stereocenters. The molecule has 184 valence electrons. The van der Waals surface area contributed by atoms with Gasteiger partial charge in [-0.25, -0.2) is 0 Å². The molecule has 1 aromatic heterocycles. The minimum Gasteiger partial charge on any atom is -0.497 e. The highest BCUT2D eigenvalue weighted by Crippen LogP contribution is 2.28. The Bertz CT molecular complexity index is 1320. The van der Waals surface area contributed by atoms with Crippen molar-refractivity contribution in [1.29, 1.82) is 0 Å². The summed E-state index contributed by atoms with van der Waals surface area (Å²) in [7, 11) is 1.59. The zero-order valence-corrected chi connectivity index (χ0v) is 20.9. The lowest BCUT2D eigenvalue weighted by molar-refractivity contribution is -0.127. The Hall–Kier alpha value is -3.95. The second-order valence-corrected chi connectivity index (χ2v) is 9.10. The van der Waals surface area contributed by atoms with Gasteiger partial charge in [-0.3, -0.25) is 14.9 Å². The summed E-state index contributed by atoms with van der Waals surface area (Å²) in [6.45, 7) is -0.251. The second-order valence-electron chi connectivity index (χ2n) is 7.69. The Morgan fingerprint density at radius 2 is 1.75 bits per heavy atom. The van der Waals surface area contributed by atoms with E-state index in [1.54, 1.807) is 31.4 Å². The maximum Gasteiger partial charge on any atom is 0.258 e. The summed E-state index contributed by atoms with van der Waals surface area (Å²) in [5, 5.41) is 15.3. The van der Waals surface area contributed by atoms with Crippen molar-refractivity contribution in [1.82, 2.24) is 15.5 Å². The minimum absolute atomic E-state index is 0.251. The fourth-order valence-electron chi connectivity index (χ4n) is 3.31. The van der Waals surface area contributed by atoms with E-state index in [9.17, 15) is 9.59 Å². The highest BCUT2D eigenvalue weighted by Gasteiger charge is 2.23. The summed E-state index contributed by atoms with van der Waals surface area (Å²) >= 11 is 7.10. The predicted molar refractivity (Wildman–Crippen MR) is 140 cm³/mol. The van der Waals surface area contributed by atoms with Crippen molar-refractivity contribution in [3.63, 3.8) is 0 Å². The fourth-order valence-corrected chi connectivity index (χ4v) is 4.18. The molecule has 36 heavy (non-hydrogen) atoms. The number of anilines is 1. The van der Waals surface area contributed by atoms with E-state index < -0.39 is 17.9 Å². The van der Waals surface area contributed by atoms with Crippen LogP contribution in [0.3, 0.4) is 0 Å². The van der Waals surface area contributed by atoms with Crippen molar-refractivity contribution >= 4 is 39.9 Å². The molecule has 0 aliphatic heterocycles. The summed E-state index contributed by atoms with van der Waals surface area (Å²) in [6.07, 6.45) is 0.293. The first-order valence-corrected chi connectivity index (χ1v) is 12.2. The van der Waals surface area contributed by atoms with Gasteiger partial charge in [-0.2, -0.15) is 0 Å². The van der Waals surface area contributed by atoms with Crippen LogP contribution < -0.4 is 20.1 Å². The van der Waals surface area contributed by atoms with Crippen LogP contribution in [-0.4, -0.2) is 41.8 Å². The molecule has 8 nitrogen and oxygen atoms in total. The number of halogens is 1. The van der Waals surface area contributed by atoms with Gasteiger partial charge in [-0.05, 0) is 42.0 Å². The van der Waals surface area contributed by atoms with Crippen LogP contribution in [0.5, 0.6) is 11.5 Å². The summed E-state index contributed by atoms with van der Waals surface area (Å²) in [5.41, 5.74) is 1.71. The summed E-state index contributed by atoms with van der Waals surface area (Å²) in [5.74, 6) is 0.347. The monoisotopic (exact) mass is 522 g/mol. The van der Waals surface area contributed by atoms with E-state index in [4.69, 9.17) is 21.1 Å². The average Bonchev–Trinajstić information content (AvgIpc) is 3.37. The van der Waals surface area contributed by atoms with Crippen molar-refractivity contribution in [3.05, 3.63) is 89.4 Å². The lowest BCUT2D eigenvalue weighted by Crippen LogP contribution is -2.46. The number of aromatic nitrogens is 2. The molecule has 0 radical (unpaired) electrons. The van der Waals surface area contributed by atoms with Crippen molar-refractivity contribution in [2.75, 3.05) is 19.0 Å². The topological polar surface area (TPSA) is 102 Å². The van der Waals surface area contributed by atoms with Gasteiger partial charge in [-0.1, -0.05) is 65.4 Å². The highest BCUT2D eigenvalue weighted by atomic mass is 35.5. The maximum atomic E-state index is 13.1. The molecule has 0 bridgehead atoms. The number of rotatable bonds is 10. The normalized spacial score (nSPS) is 11.4. The molecule has 0 fully saturated rings. The molecule has 0 aliphatic rings. The molecule has 0 aliphatic carbocycles. The maximum absolute atomic E-state index is 13.1. The van der Waals surface area contributed by atoms with Crippen LogP contribution in [0.1, 0.15) is 5.56 Å². The Labute approximate surface area is 217 Å². The van der Waals surface area contributed by atoms with Gasteiger partial charge in [0.2, 0.25) is 11.0 Å². The fraction of sp³-hybridized carbons (Fsp3) is 0.154. The van der Waals surface area contributed by atoms with E-state index in [-0.39, 0.29) is 6.61 Å². The van der Waals surface area contributed by atoms with Crippen LogP contribution in [0.15, 0.2) is 78.9 Å². The second kappa shape index (κ2) is 12.1. The van der Waals surface area contributed by atoms with Crippen molar-refractivity contribution in [2.45, 2.75) is 12.5 Å². The minimum atomic E-state index is -0.849. The Morgan fingerprint density at radius 1 is 0.972 bits per heavy atom. The van der Waals surface area contributed by atoms with Gasteiger partial charge in [0, 0.05) is 17.0 Å². The number of hydrogen-bond acceptors (Lipinski definition) is 7. The third kappa shape index (κ3) is 7.03. The molecular formula is C26H23ClN4O4S. The van der Waals surface area contributed by atoms with Crippen molar-refractivity contribution in [3.8, 4) is 22.1 Å². The predicted octanol–water partition coefficient (Wildman–Crippen LogP) is 4.61. The summed E-state index contributed by atoms with van der Waals surface area (Å²) in [6, 6.07) is 22.7. The summed E-state index contributed by atoms with van der Waals surface area (Å²) in [4.78, 5) is 25.8. The van der Waals surface area contributed by atoms with E-state index in [0.717, 1.165) is 11.1 Å². The lowest BCUT2D eigenvalue weighted by atomic mass is 10.1. The van der Waals surface area contributed by atoms with E-state index >= 15 is 0 Å². The van der Waals surface area contributed by atoms with E-state index in [0.29, 0.717) is 33.1 Å². The molecule has 1 heterocycles. The molecule has 2 N–H and O–H groups in total. The van der Waals surface area contributed by atoms with Gasteiger partial charge in [-0.15, -0.1) is 10.2 Å². The number of benzene rings is 3. The van der Waals surface area contributed by atoms with Gasteiger partial charge < -0.3 is 14.8 Å². The number of carbonyl (C=O) groups is 2. The van der Waals surface area contributed by atoms with Gasteiger partial charge in [0.25, 0.3) is 5.91 Å². The molecule has 0 saturated heterocycles. The van der Waals surface area contributed by atoms with Crippen LogP contribution >= 0.6 is 22.9 Å². The largest absolute Gasteiger partial charge is 0.497 e. The smallest absolute Gasteiger partial charge is 0.258 e. The number of ether oxygens (including phenoxy) is 2. The Kier molecular flexibility index (Phi) is 8.48. The first kappa shape index (κ1) is 25.2. The van der Waals surface area contributed by atoms with Crippen LogP contribution in [0.25, 0.3) is 10.6 Å². The Morgan fingerprint density at radius 3 is 2.50 bits per heavy atom. The van der Waals surface area contributed by atoms with Gasteiger partial charge in [0.15, 0.2) is 6.61 Å². The van der Waals surface area contributed by atoms with Crippen LogP contribution in [0.2, 0.25) is 5.02 Å². The van der Waals surface area contributed by atoms with Crippen LogP contribution in [0.4, 0.5) is 5.13 Å². The van der Waals surface area contributed by atoms with E-state index in [1.807, 2.05) is 54.6 Å². The average molecular weight is 523 g/mol. The third-order valence-electron chi connectivity index (χ3n) is 5.09.